The Labute approximate surface area is 123 Å². The van der Waals surface area contributed by atoms with Crippen LogP contribution < -0.4 is 11.3 Å². The summed E-state index contributed by atoms with van der Waals surface area (Å²) in [6, 6.07) is 10.2. The fourth-order valence-corrected chi connectivity index (χ4v) is 2.85. The average molecular weight is 285 g/mol. The minimum absolute atomic E-state index is 0.311. The first-order valence-corrected chi connectivity index (χ1v) is 7.14. The van der Waals surface area contributed by atoms with Crippen molar-refractivity contribution < 1.29 is 9.21 Å². The van der Waals surface area contributed by atoms with Crippen molar-refractivity contribution in [3.63, 3.8) is 0 Å². The Hall–Kier alpha value is -2.11. The molecule has 1 aromatic carbocycles. The van der Waals surface area contributed by atoms with Crippen molar-refractivity contribution in [1.82, 2.24) is 10.3 Å². The molecule has 1 aliphatic heterocycles. The number of amides is 1. The normalized spacial score (nSPS) is 15.3. The number of nitrogens with two attached hydrogens (primary N) is 1. The van der Waals surface area contributed by atoms with Gasteiger partial charge < -0.3 is 4.42 Å². The summed E-state index contributed by atoms with van der Waals surface area (Å²) in [6.45, 7) is 2.48. The molecule has 0 spiro atoms. The first kappa shape index (κ1) is 13.9. The van der Waals surface area contributed by atoms with E-state index < -0.39 is 0 Å². The zero-order chi connectivity index (χ0) is 14.7. The van der Waals surface area contributed by atoms with Crippen LogP contribution in [0.1, 0.15) is 33.7 Å². The Balaban J connectivity index is 1.77. The molecule has 0 saturated heterocycles. The van der Waals surface area contributed by atoms with E-state index >= 15 is 0 Å². The fraction of sp³-hybridized carbons (Fsp3) is 0.312. The van der Waals surface area contributed by atoms with Crippen LogP contribution in [-0.2, 0) is 19.5 Å². The molecule has 0 fully saturated rings. The van der Waals surface area contributed by atoms with E-state index in [1.165, 1.54) is 17.4 Å². The molecule has 0 saturated carbocycles. The van der Waals surface area contributed by atoms with Crippen molar-refractivity contribution in [2.45, 2.75) is 25.9 Å². The largest absolute Gasteiger partial charge is 0.467 e. The van der Waals surface area contributed by atoms with E-state index in [9.17, 15) is 4.79 Å². The molecule has 0 unspecified atom stereocenters. The molecular weight excluding hydrogens is 266 g/mol. The zero-order valence-corrected chi connectivity index (χ0v) is 11.8. The summed E-state index contributed by atoms with van der Waals surface area (Å²) in [4.78, 5) is 14.0. The molecule has 2 heterocycles. The molecule has 1 amide bonds. The van der Waals surface area contributed by atoms with Crippen LogP contribution in [0.5, 0.6) is 0 Å². The molecule has 21 heavy (non-hydrogen) atoms. The van der Waals surface area contributed by atoms with Crippen molar-refractivity contribution >= 4 is 5.91 Å². The van der Waals surface area contributed by atoms with Gasteiger partial charge in [-0.2, -0.15) is 0 Å². The van der Waals surface area contributed by atoms with Crippen molar-refractivity contribution in [3.8, 4) is 0 Å². The number of carbonyl (C=O) groups excluding carboxylic acids is 1. The van der Waals surface area contributed by atoms with Gasteiger partial charge in [0.05, 0.1) is 18.4 Å². The Morgan fingerprint density at radius 2 is 2.10 bits per heavy atom. The minimum Gasteiger partial charge on any atom is -0.467 e. The Kier molecular flexibility index (Phi) is 4.03. The van der Waals surface area contributed by atoms with Gasteiger partial charge in [-0.05, 0) is 36.6 Å². The number of hydrogen-bond acceptors (Lipinski definition) is 4. The SMILES string of the molecule is NNC(=O)c1ccoc1CN1CCCc2ccccc2C1. The summed E-state index contributed by atoms with van der Waals surface area (Å²) in [5.74, 6) is 5.55. The molecule has 3 N–H and O–H groups in total. The van der Waals surface area contributed by atoms with Gasteiger partial charge in [0.2, 0.25) is 0 Å². The summed E-state index contributed by atoms with van der Waals surface area (Å²) < 4.78 is 5.46. The van der Waals surface area contributed by atoms with Crippen molar-refractivity contribution in [2.75, 3.05) is 6.54 Å². The van der Waals surface area contributed by atoms with Gasteiger partial charge in [-0.3, -0.25) is 15.1 Å². The first-order chi connectivity index (χ1) is 10.3. The monoisotopic (exact) mass is 285 g/mol. The molecule has 1 aromatic heterocycles. The number of hydrazine groups is 1. The third-order valence-electron chi connectivity index (χ3n) is 3.92. The van der Waals surface area contributed by atoms with Gasteiger partial charge in [0.25, 0.3) is 5.91 Å². The number of carbonyl (C=O) groups is 1. The van der Waals surface area contributed by atoms with Crippen LogP contribution in [0, 0.1) is 0 Å². The van der Waals surface area contributed by atoms with Crippen LogP contribution in [0.2, 0.25) is 0 Å². The van der Waals surface area contributed by atoms with Gasteiger partial charge in [0.15, 0.2) is 0 Å². The van der Waals surface area contributed by atoms with E-state index in [2.05, 4.69) is 34.6 Å². The highest BCUT2D eigenvalue weighted by molar-refractivity contribution is 5.94. The average Bonchev–Trinajstić information content (AvgIpc) is 2.86. The summed E-state index contributed by atoms with van der Waals surface area (Å²) in [6.07, 6.45) is 3.74. The van der Waals surface area contributed by atoms with Crippen LogP contribution in [0.15, 0.2) is 41.0 Å². The maximum Gasteiger partial charge on any atom is 0.268 e. The van der Waals surface area contributed by atoms with E-state index in [1.807, 2.05) is 0 Å². The third kappa shape index (κ3) is 2.99. The standard InChI is InChI=1S/C16H19N3O2/c17-18-16(20)14-7-9-21-15(14)11-19-8-3-6-12-4-1-2-5-13(12)10-19/h1-2,4-5,7,9H,3,6,8,10-11,17H2,(H,18,20). The van der Waals surface area contributed by atoms with Crippen molar-refractivity contribution in [2.24, 2.45) is 5.84 Å². The third-order valence-corrected chi connectivity index (χ3v) is 3.92. The van der Waals surface area contributed by atoms with E-state index in [4.69, 9.17) is 10.3 Å². The molecule has 5 nitrogen and oxygen atoms in total. The number of nitrogens with zero attached hydrogens (tertiary/aromatic N) is 1. The summed E-state index contributed by atoms with van der Waals surface area (Å²) in [5, 5.41) is 0. The van der Waals surface area contributed by atoms with Gasteiger partial charge >= 0.3 is 0 Å². The highest BCUT2D eigenvalue weighted by Crippen LogP contribution is 2.21. The van der Waals surface area contributed by atoms with Crippen LogP contribution in [-0.4, -0.2) is 17.4 Å². The maximum atomic E-state index is 11.7. The predicted molar refractivity (Wildman–Crippen MR) is 79.2 cm³/mol. The summed E-state index contributed by atoms with van der Waals surface area (Å²) in [5.41, 5.74) is 5.43. The van der Waals surface area contributed by atoms with E-state index in [-0.39, 0.29) is 5.91 Å². The maximum absolute atomic E-state index is 11.7. The molecule has 0 aliphatic carbocycles. The van der Waals surface area contributed by atoms with Crippen LogP contribution in [0.25, 0.3) is 0 Å². The first-order valence-electron chi connectivity index (χ1n) is 7.14. The molecule has 1 aliphatic rings. The summed E-state index contributed by atoms with van der Waals surface area (Å²) >= 11 is 0. The molecule has 0 atom stereocenters. The van der Waals surface area contributed by atoms with E-state index in [1.54, 1.807) is 6.07 Å². The highest BCUT2D eigenvalue weighted by atomic mass is 16.3. The van der Waals surface area contributed by atoms with Gasteiger partial charge in [0.1, 0.15) is 5.76 Å². The molecule has 0 radical (unpaired) electrons. The summed E-state index contributed by atoms with van der Waals surface area (Å²) in [7, 11) is 0. The molecule has 110 valence electrons. The number of nitrogens with one attached hydrogen (secondary N) is 1. The molecule has 5 heteroatoms. The highest BCUT2D eigenvalue weighted by Gasteiger charge is 2.19. The van der Waals surface area contributed by atoms with Gasteiger partial charge in [-0.1, -0.05) is 24.3 Å². The Bertz CT molecular complexity index is 636. The number of rotatable bonds is 3. The second kappa shape index (κ2) is 6.11. The lowest BCUT2D eigenvalue weighted by Gasteiger charge is -2.19. The van der Waals surface area contributed by atoms with E-state index in [0.29, 0.717) is 17.9 Å². The van der Waals surface area contributed by atoms with Crippen LogP contribution >= 0.6 is 0 Å². The molecule has 0 bridgehead atoms. The zero-order valence-electron chi connectivity index (χ0n) is 11.8. The second-order valence-electron chi connectivity index (χ2n) is 5.31. The number of nitrogen functional groups attached to an aromatic ring is 1. The molecule has 2 aromatic rings. The van der Waals surface area contributed by atoms with Gasteiger partial charge in [0, 0.05) is 6.54 Å². The molecular formula is C16H19N3O2. The lowest BCUT2D eigenvalue weighted by Crippen LogP contribution is -2.31. The smallest absolute Gasteiger partial charge is 0.268 e. The van der Waals surface area contributed by atoms with E-state index in [0.717, 1.165) is 25.9 Å². The quantitative estimate of drug-likeness (QED) is 0.513. The number of benzene rings is 1. The van der Waals surface area contributed by atoms with Crippen LogP contribution in [0.4, 0.5) is 0 Å². The number of furan rings is 1. The predicted octanol–water partition coefficient (Wildman–Crippen LogP) is 1.83. The lowest BCUT2D eigenvalue weighted by molar-refractivity contribution is 0.0949. The Morgan fingerprint density at radius 3 is 2.90 bits per heavy atom. The number of fused-ring (bicyclic) bond motifs is 1. The lowest BCUT2D eigenvalue weighted by atomic mass is 10.0. The molecule has 3 rings (SSSR count). The number of aryl methyl sites for hydroxylation is 1. The topological polar surface area (TPSA) is 71.5 Å². The van der Waals surface area contributed by atoms with Gasteiger partial charge in [-0.25, -0.2) is 5.84 Å². The number of hydrogen-bond donors (Lipinski definition) is 2. The van der Waals surface area contributed by atoms with Crippen molar-refractivity contribution in [3.05, 3.63) is 59.0 Å². The minimum atomic E-state index is -0.311. The van der Waals surface area contributed by atoms with Gasteiger partial charge in [-0.15, -0.1) is 0 Å². The van der Waals surface area contributed by atoms with Crippen LogP contribution in [0.3, 0.4) is 0 Å². The second-order valence-corrected chi connectivity index (χ2v) is 5.31. The van der Waals surface area contributed by atoms with Crippen molar-refractivity contribution in [1.29, 1.82) is 0 Å². The fourth-order valence-electron chi connectivity index (χ4n) is 2.85. The Morgan fingerprint density at radius 1 is 1.29 bits per heavy atom.